The second kappa shape index (κ2) is 7.46. The molecule has 0 aromatic heterocycles. The van der Waals surface area contributed by atoms with Gasteiger partial charge in [0.1, 0.15) is 11.7 Å². The number of amides is 2. The molecule has 162 valence electrons. The molecule has 0 spiro atoms. The van der Waals surface area contributed by atoms with E-state index in [1.165, 1.54) is 4.90 Å². The van der Waals surface area contributed by atoms with Crippen molar-refractivity contribution in [2.45, 2.75) is 12.1 Å². The number of nitrogens with zero attached hydrogens (tertiary/aromatic N) is 2. The van der Waals surface area contributed by atoms with Crippen LogP contribution in [-0.2, 0) is 14.4 Å². The Morgan fingerprint density at radius 1 is 0.758 bits per heavy atom. The molecular formula is C27H20N2O4. The van der Waals surface area contributed by atoms with Crippen molar-refractivity contribution < 1.29 is 19.5 Å². The topological polar surface area (TPSA) is 70.1 Å². The van der Waals surface area contributed by atoms with Gasteiger partial charge in [0.25, 0.3) is 5.91 Å². The van der Waals surface area contributed by atoms with Crippen LogP contribution in [0.3, 0.4) is 0 Å². The van der Waals surface area contributed by atoms with Crippen molar-refractivity contribution in [3.05, 3.63) is 103 Å². The van der Waals surface area contributed by atoms with E-state index in [9.17, 15) is 14.7 Å². The van der Waals surface area contributed by atoms with Gasteiger partial charge in [0.05, 0.1) is 17.4 Å². The fraction of sp³-hybridized carbons (Fsp3) is 0.111. The number of hydrogen-bond donors (Lipinski definition) is 1. The molecule has 2 saturated heterocycles. The lowest BCUT2D eigenvalue weighted by Crippen LogP contribution is -2.37. The van der Waals surface area contributed by atoms with Crippen LogP contribution in [0.5, 0.6) is 5.75 Å². The molecular weight excluding hydrogens is 416 g/mol. The Kier molecular flexibility index (Phi) is 4.41. The number of anilines is 2. The minimum absolute atomic E-state index is 0.0895. The van der Waals surface area contributed by atoms with E-state index in [1.807, 2.05) is 72.8 Å². The highest BCUT2D eigenvalue weighted by Gasteiger charge is 2.60. The fourth-order valence-corrected chi connectivity index (χ4v) is 4.90. The van der Waals surface area contributed by atoms with Crippen LogP contribution in [0.15, 0.2) is 97.1 Å². The van der Waals surface area contributed by atoms with Gasteiger partial charge in [-0.25, -0.2) is 9.96 Å². The third-order valence-electron chi connectivity index (χ3n) is 6.35. The molecule has 4 aromatic rings. The molecule has 2 aliphatic heterocycles. The third kappa shape index (κ3) is 2.99. The number of rotatable bonds is 3. The van der Waals surface area contributed by atoms with Crippen LogP contribution in [-0.4, -0.2) is 23.0 Å². The highest BCUT2D eigenvalue weighted by Crippen LogP contribution is 2.48. The third-order valence-corrected chi connectivity index (χ3v) is 6.35. The predicted molar refractivity (Wildman–Crippen MR) is 125 cm³/mol. The average Bonchev–Trinajstić information content (AvgIpc) is 3.35. The van der Waals surface area contributed by atoms with E-state index in [0.717, 1.165) is 16.5 Å². The van der Waals surface area contributed by atoms with E-state index in [2.05, 4.69) is 0 Å². The normalized spacial score (nSPS) is 22.2. The second-order valence-corrected chi connectivity index (χ2v) is 8.26. The largest absolute Gasteiger partial charge is 0.508 e. The Balaban J connectivity index is 1.47. The number of fused-ring (bicyclic) bond motifs is 2. The summed E-state index contributed by atoms with van der Waals surface area (Å²) in [6, 6.07) is 28.8. The summed E-state index contributed by atoms with van der Waals surface area (Å²) < 4.78 is 0. The molecule has 6 heteroatoms. The Labute approximate surface area is 190 Å². The van der Waals surface area contributed by atoms with Gasteiger partial charge in [0, 0.05) is 5.39 Å². The Bertz CT molecular complexity index is 1380. The number of imide groups is 1. The maximum atomic E-state index is 13.8. The van der Waals surface area contributed by atoms with E-state index >= 15 is 0 Å². The SMILES string of the molecule is O=C1[C@H]2[C@@H](c3cccc(O)c3)N(c3ccccc3)O[C@H]2C(=O)N1c1cccc2ccccc12. The summed E-state index contributed by atoms with van der Waals surface area (Å²) in [4.78, 5) is 34.8. The number of hydrogen-bond acceptors (Lipinski definition) is 5. The zero-order valence-electron chi connectivity index (χ0n) is 17.5. The second-order valence-electron chi connectivity index (χ2n) is 8.26. The molecule has 0 saturated carbocycles. The molecule has 3 atom stereocenters. The number of hydroxylamine groups is 1. The molecule has 6 rings (SSSR count). The standard InChI is InChI=1S/C27H20N2O4/c30-20-13-6-10-18(16-20)24-23-25(33-29(24)19-11-2-1-3-12-19)27(32)28(26(23)31)22-15-7-9-17-8-4-5-14-21(17)22/h1-16,23-25,30H/t23-,24+,25+/m0/s1. The van der Waals surface area contributed by atoms with Crippen LogP contribution in [0.25, 0.3) is 10.8 Å². The molecule has 1 N–H and O–H groups in total. The lowest BCUT2D eigenvalue weighted by atomic mass is 9.90. The molecule has 0 aliphatic carbocycles. The number of aromatic hydroxyl groups is 1. The Hall–Kier alpha value is -4.16. The summed E-state index contributed by atoms with van der Waals surface area (Å²) in [5, 5.41) is 13.5. The number of carbonyl (C=O) groups excluding carboxylic acids is 2. The van der Waals surface area contributed by atoms with E-state index < -0.39 is 18.1 Å². The van der Waals surface area contributed by atoms with Crippen LogP contribution in [0, 0.1) is 5.92 Å². The number of para-hydroxylation sites is 1. The van der Waals surface area contributed by atoms with Gasteiger partial charge in [-0.3, -0.25) is 14.4 Å². The highest BCUT2D eigenvalue weighted by molar-refractivity contribution is 6.26. The maximum absolute atomic E-state index is 13.8. The highest BCUT2D eigenvalue weighted by atomic mass is 16.7. The summed E-state index contributed by atoms with van der Waals surface area (Å²) >= 11 is 0. The lowest BCUT2D eigenvalue weighted by Gasteiger charge is -2.29. The van der Waals surface area contributed by atoms with Gasteiger partial charge >= 0.3 is 0 Å². The molecule has 0 bridgehead atoms. The van der Waals surface area contributed by atoms with Crippen LogP contribution in [0.1, 0.15) is 11.6 Å². The summed E-state index contributed by atoms with van der Waals surface area (Å²) in [6.45, 7) is 0. The quantitative estimate of drug-likeness (QED) is 0.476. The minimum Gasteiger partial charge on any atom is -0.508 e. The maximum Gasteiger partial charge on any atom is 0.266 e. The van der Waals surface area contributed by atoms with Gasteiger partial charge < -0.3 is 5.11 Å². The first-order chi connectivity index (χ1) is 16.1. The minimum atomic E-state index is -0.955. The molecule has 33 heavy (non-hydrogen) atoms. The van der Waals surface area contributed by atoms with Crippen molar-refractivity contribution in [1.29, 1.82) is 0 Å². The van der Waals surface area contributed by atoms with E-state index in [4.69, 9.17) is 4.84 Å². The number of carbonyl (C=O) groups is 2. The summed E-state index contributed by atoms with van der Waals surface area (Å²) in [7, 11) is 0. The molecule has 6 nitrogen and oxygen atoms in total. The summed E-state index contributed by atoms with van der Waals surface area (Å²) in [6.07, 6.45) is -0.955. The van der Waals surface area contributed by atoms with Gasteiger partial charge in [-0.2, -0.15) is 0 Å². The molecule has 0 radical (unpaired) electrons. The average molecular weight is 436 g/mol. The predicted octanol–water partition coefficient (Wildman–Crippen LogP) is 4.60. The van der Waals surface area contributed by atoms with Crippen LogP contribution in [0.4, 0.5) is 11.4 Å². The van der Waals surface area contributed by atoms with E-state index in [1.54, 1.807) is 29.3 Å². The van der Waals surface area contributed by atoms with Gasteiger partial charge in [0.2, 0.25) is 5.91 Å². The fourth-order valence-electron chi connectivity index (χ4n) is 4.90. The van der Waals surface area contributed by atoms with Crippen molar-refractivity contribution in [2.24, 2.45) is 5.92 Å². The van der Waals surface area contributed by atoms with Crippen molar-refractivity contribution in [2.75, 3.05) is 9.96 Å². The van der Waals surface area contributed by atoms with Crippen molar-refractivity contribution in [3.8, 4) is 5.75 Å². The van der Waals surface area contributed by atoms with Crippen LogP contribution < -0.4 is 9.96 Å². The summed E-state index contributed by atoms with van der Waals surface area (Å²) in [5.74, 6) is -1.36. The van der Waals surface area contributed by atoms with Crippen molar-refractivity contribution in [3.63, 3.8) is 0 Å². The molecule has 0 unspecified atom stereocenters. The molecule has 2 fully saturated rings. The number of phenolic OH excluding ortho intramolecular Hbond substituents is 1. The molecule has 2 amide bonds. The zero-order chi connectivity index (χ0) is 22.5. The van der Waals surface area contributed by atoms with E-state index in [0.29, 0.717) is 11.3 Å². The first-order valence-electron chi connectivity index (χ1n) is 10.8. The Morgan fingerprint density at radius 3 is 2.30 bits per heavy atom. The molecule has 2 aliphatic rings. The van der Waals surface area contributed by atoms with Gasteiger partial charge in [-0.15, -0.1) is 0 Å². The van der Waals surface area contributed by atoms with Crippen LogP contribution in [0.2, 0.25) is 0 Å². The van der Waals surface area contributed by atoms with Crippen LogP contribution >= 0.6 is 0 Å². The number of benzene rings is 4. The molecule has 2 heterocycles. The van der Waals surface area contributed by atoms with Gasteiger partial charge in [0.15, 0.2) is 6.10 Å². The first-order valence-corrected chi connectivity index (χ1v) is 10.8. The smallest absolute Gasteiger partial charge is 0.266 e. The van der Waals surface area contributed by atoms with Gasteiger partial charge in [-0.1, -0.05) is 66.7 Å². The Morgan fingerprint density at radius 2 is 1.48 bits per heavy atom. The monoisotopic (exact) mass is 436 g/mol. The lowest BCUT2D eigenvalue weighted by molar-refractivity contribution is -0.126. The van der Waals surface area contributed by atoms with Crippen molar-refractivity contribution in [1.82, 2.24) is 0 Å². The van der Waals surface area contributed by atoms with Gasteiger partial charge in [-0.05, 0) is 41.3 Å². The zero-order valence-corrected chi connectivity index (χ0v) is 17.5. The van der Waals surface area contributed by atoms with E-state index in [-0.39, 0.29) is 17.6 Å². The van der Waals surface area contributed by atoms with Crippen molar-refractivity contribution >= 4 is 34.0 Å². The first kappa shape index (κ1) is 19.5. The molecule has 4 aromatic carbocycles. The summed E-state index contributed by atoms with van der Waals surface area (Å²) in [5.41, 5.74) is 1.99. The number of phenols is 1.